The quantitative estimate of drug-likeness (QED) is 0.194. The van der Waals surface area contributed by atoms with Gasteiger partial charge in [-0.25, -0.2) is 0 Å². The number of aryl methyl sites for hydroxylation is 1. The first-order valence-electron chi connectivity index (χ1n) is 10.3. The van der Waals surface area contributed by atoms with E-state index in [0.29, 0.717) is 27.3 Å². The molecular weight excluding hydrogens is 495 g/mol. The zero-order chi connectivity index (χ0) is 24.9. The van der Waals surface area contributed by atoms with Gasteiger partial charge in [0.05, 0.1) is 16.7 Å². The fourth-order valence-corrected chi connectivity index (χ4v) is 3.34. The Morgan fingerprint density at radius 1 is 0.971 bits per heavy atom. The van der Waals surface area contributed by atoms with Crippen LogP contribution in [0.25, 0.3) is 0 Å². The molecule has 0 radical (unpaired) electrons. The number of nitrogens with one attached hydrogen (secondary N) is 1. The van der Waals surface area contributed by atoms with Gasteiger partial charge < -0.3 is 19.2 Å². The van der Waals surface area contributed by atoms with Crippen LogP contribution in [0.5, 0.6) is 17.2 Å². The van der Waals surface area contributed by atoms with Gasteiger partial charge >= 0.3 is 0 Å². The summed E-state index contributed by atoms with van der Waals surface area (Å²) in [6, 6.07) is 18.9. The molecule has 4 aromatic rings. The number of furan rings is 1. The third-order valence-electron chi connectivity index (χ3n) is 4.81. The highest BCUT2D eigenvalue weighted by molar-refractivity contribution is 6.31. The van der Waals surface area contributed by atoms with E-state index in [4.69, 9.17) is 37.1 Å². The average Bonchev–Trinajstić information content (AvgIpc) is 3.30. The number of nitro groups is 1. The molecule has 0 bridgehead atoms. The van der Waals surface area contributed by atoms with Crippen molar-refractivity contribution in [1.82, 2.24) is 0 Å². The molecule has 0 unspecified atom stereocenters. The number of nitrogens with zero attached hydrogens (tertiary/aromatic N) is 1. The molecule has 35 heavy (non-hydrogen) atoms. The van der Waals surface area contributed by atoms with Crippen LogP contribution < -0.4 is 14.8 Å². The highest BCUT2D eigenvalue weighted by atomic mass is 35.5. The molecule has 0 spiro atoms. The number of nitro benzene ring substituents is 1. The maximum atomic E-state index is 12.7. The number of benzene rings is 3. The summed E-state index contributed by atoms with van der Waals surface area (Å²) in [6.07, 6.45) is 0. The number of amides is 1. The predicted molar refractivity (Wildman–Crippen MR) is 132 cm³/mol. The van der Waals surface area contributed by atoms with Crippen molar-refractivity contribution in [2.75, 3.05) is 5.32 Å². The van der Waals surface area contributed by atoms with E-state index in [1.165, 1.54) is 24.3 Å². The number of carbonyl (C=O) groups excluding carboxylic acids is 1. The fraction of sp³-hybridized carbons (Fsp3) is 0.0800. The standard InChI is InChI=1S/C25H18Cl2N2O6/c1-15-10-20(6-8-23(15)27)34-22-12-17(11-18(13-22)29(31)32)28-25(30)24-9-7-21(35-24)14-33-19-4-2-16(26)3-5-19/h2-13H,14H2,1H3,(H,28,30). The number of non-ortho nitro benzene ring substituents is 1. The third-order valence-corrected chi connectivity index (χ3v) is 5.48. The van der Waals surface area contributed by atoms with Crippen molar-refractivity contribution in [2.45, 2.75) is 13.5 Å². The van der Waals surface area contributed by atoms with E-state index in [1.54, 1.807) is 48.5 Å². The second kappa shape index (κ2) is 10.5. The summed E-state index contributed by atoms with van der Waals surface area (Å²) >= 11 is 11.9. The van der Waals surface area contributed by atoms with Gasteiger partial charge in [-0.2, -0.15) is 0 Å². The van der Waals surface area contributed by atoms with Crippen LogP contribution in [-0.2, 0) is 6.61 Å². The zero-order valence-electron chi connectivity index (χ0n) is 18.3. The SMILES string of the molecule is Cc1cc(Oc2cc(NC(=O)c3ccc(COc4ccc(Cl)cc4)o3)cc([N+](=O)[O-])c2)ccc1Cl. The summed E-state index contributed by atoms with van der Waals surface area (Å²) in [5.41, 5.74) is 0.706. The number of rotatable bonds is 8. The molecule has 0 saturated heterocycles. The summed E-state index contributed by atoms with van der Waals surface area (Å²) in [6.45, 7) is 1.91. The Kier molecular flexibility index (Phi) is 7.24. The van der Waals surface area contributed by atoms with Crippen LogP contribution in [0.4, 0.5) is 11.4 Å². The highest BCUT2D eigenvalue weighted by Gasteiger charge is 2.16. The van der Waals surface area contributed by atoms with E-state index < -0.39 is 10.8 Å². The lowest BCUT2D eigenvalue weighted by Gasteiger charge is -2.10. The highest BCUT2D eigenvalue weighted by Crippen LogP contribution is 2.31. The summed E-state index contributed by atoms with van der Waals surface area (Å²) in [4.78, 5) is 23.5. The van der Waals surface area contributed by atoms with Crippen LogP contribution in [0.3, 0.4) is 0 Å². The largest absolute Gasteiger partial charge is 0.486 e. The fourth-order valence-electron chi connectivity index (χ4n) is 3.09. The van der Waals surface area contributed by atoms with Gasteiger partial charge in [0.25, 0.3) is 11.6 Å². The van der Waals surface area contributed by atoms with Crippen molar-refractivity contribution in [2.24, 2.45) is 0 Å². The lowest BCUT2D eigenvalue weighted by Crippen LogP contribution is -2.11. The van der Waals surface area contributed by atoms with Crippen LogP contribution in [0.15, 0.2) is 77.2 Å². The minimum atomic E-state index is -0.587. The minimum Gasteiger partial charge on any atom is -0.486 e. The van der Waals surface area contributed by atoms with Crippen molar-refractivity contribution in [3.63, 3.8) is 0 Å². The lowest BCUT2D eigenvalue weighted by molar-refractivity contribution is -0.384. The molecular formula is C25H18Cl2N2O6. The zero-order valence-corrected chi connectivity index (χ0v) is 19.8. The van der Waals surface area contributed by atoms with E-state index in [-0.39, 0.29) is 29.5 Å². The second-order valence-corrected chi connectivity index (χ2v) is 8.29. The summed E-state index contributed by atoms with van der Waals surface area (Å²) in [5.74, 6) is 1.07. The lowest BCUT2D eigenvalue weighted by atomic mass is 10.2. The molecule has 1 aromatic heterocycles. The van der Waals surface area contributed by atoms with Gasteiger partial charge in [0.2, 0.25) is 0 Å². The van der Waals surface area contributed by atoms with E-state index in [1.807, 2.05) is 6.92 Å². The van der Waals surface area contributed by atoms with Crippen LogP contribution in [0.1, 0.15) is 21.9 Å². The van der Waals surface area contributed by atoms with Gasteiger partial charge in [-0.15, -0.1) is 0 Å². The third kappa shape index (κ3) is 6.32. The smallest absolute Gasteiger partial charge is 0.291 e. The van der Waals surface area contributed by atoms with Crippen LogP contribution in [0, 0.1) is 17.0 Å². The Balaban J connectivity index is 1.46. The average molecular weight is 513 g/mol. The number of anilines is 1. The van der Waals surface area contributed by atoms with E-state index >= 15 is 0 Å². The summed E-state index contributed by atoms with van der Waals surface area (Å²) in [7, 11) is 0. The van der Waals surface area contributed by atoms with Crippen molar-refractivity contribution < 1.29 is 23.6 Å². The molecule has 10 heteroatoms. The van der Waals surface area contributed by atoms with Gasteiger partial charge in [-0.05, 0) is 67.1 Å². The monoisotopic (exact) mass is 512 g/mol. The maximum absolute atomic E-state index is 12.7. The summed E-state index contributed by atoms with van der Waals surface area (Å²) < 4.78 is 16.9. The van der Waals surface area contributed by atoms with Gasteiger partial charge in [-0.1, -0.05) is 23.2 Å². The van der Waals surface area contributed by atoms with Crippen LogP contribution in [-0.4, -0.2) is 10.8 Å². The molecule has 0 atom stereocenters. The molecule has 4 rings (SSSR count). The Bertz CT molecular complexity index is 1390. The summed E-state index contributed by atoms with van der Waals surface area (Å²) in [5, 5.41) is 15.2. The number of carbonyl (C=O) groups is 1. The first kappa shape index (κ1) is 24.1. The molecule has 0 saturated carbocycles. The molecule has 0 aliphatic carbocycles. The van der Waals surface area contributed by atoms with Gasteiger partial charge in [0, 0.05) is 22.2 Å². The van der Waals surface area contributed by atoms with Crippen molar-refractivity contribution >= 4 is 40.5 Å². The molecule has 8 nitrogen and oxygen atoms in total. The number of ether oxygens (including phenoxy) is 2. The second-order valence-electron chi connectivity index (χ2n) is 7.45. The van der Waals surface area contributed by atoms with Crippen molar-refractivity contribution in [3.05, 3.63) is 110 Å². The van der Waals surface area contributed by atoms with Crippen LogP contribution in [0.2, 0.25) is 10.0 Å². The first-order chi connectivity index (χ1) is 16.8. The van der Waals surface area contributed by atoms with E-state index in [0.717, 1.165) is 5.56 Å². The van der Waals surface area contributed by atoms with Crippen LogP contribution >= 0.6 is 23.2 Å². The Morgan fingerprint density at radius 3 is 2.43 bits per heavy atom. The molecule has 3 aromatic carbocycles. The van der Waals surface area contributed by atoms with E-state index in [9.17, 15) is 14.9 Å². The molecule has 178 valence electrons. The predicted octanol–water partition coefficient (Wildman–Crippen LogP) is 7.43. The molecule has 1 amide bonds. The van der Waals surface area contributed by atoms with E-state index in [2.05, 4.69) is 5.32 Å². The maximum Gasteiger partial charge on any atom is 0.291 e. The van der Waals surface area contributed by atoms with Gasteiger partial charge in [0.1, 0.15) is 29.6 Å². The topological polar surface area (TPSA) is 104 Å². The Hall–Kier alpha value is -4.01. The Morgan fingerprint density at radius 2 is 1.71 bits per heavy atom. The number of hydrogen-bond acceptors (Lipinski definition) is 6. The van der Waals surface area contributed by atoms with Crippen molar-refractivity contribution in [1.29, 1.82) is 0 Å². The first-order valence-corrected chi connectivity index (χ1v) is 11.0. The number of halogens is 2. The molecule has 1 heterocycles. The van der Waals surface area contributed by atoms with Gasteiger partial charge in [-0.3, -0.25) is 14.9 Å². The molecule has 0 aliphatic rings. The molecule has 0 fully saturated rings. The van der Waals surface area contributed by atoms with Crippen molar-refractivity contribution in [3.8, 4) is 17.2 Å². The normalized spacial score (nSPS) is 10.6. The van der Waals surface area contributed by atoms with Gasteiger partial charge in [0.15, 0.2) is 5.76 Å². The molecule has 0 aliphatic heterocycles. The minimum absolute atomic E-state index is 0.0157. The Labute approximate surface area is 210 Å². The molecule has 1 N–H and O–H groups in total. The number of hydrogen-bond donors (Lipinski definition) is 1.